The molecule has 0 spiro atoms. The molecule has 0 heterocycles. The Labute approximate surface area is 157 Å². The lowest BCUT2D eigenvalue weighted by Crippen LogP contribution is -2.47. The van der Waals surface area contributed by atoms with Gasteiger partial charge in [0.1, 0.15) is 4.86 Å². The molecule has 1 aromatic rings. The van der Waals surface area contributed by atoms with E-state index < -0.39 is 27.8 Å². The fourth-order valence-electron chi connectivity index (χ4n) is 3.11. The van der Waals surface area contributed by atoms with Crippen LogP contribution < -0.4 is 4.90 Å². The molecule has 1 amide bonds. The number of anilines is 1. The van der Waals surface area contributed by atoms with Gasteiger partial charge >= 0.3 is 6.09 Å². The zero-order valence-electron chi connectivity index (χ0n) is 14.4. The molecule has 0 aliphatic heterocycles. The highest BCUT2D eigenvalue weighted by Crippen LogP contribution is 2.35. The molecule has 0 saturated heterocycles. The molecule has 0 radical (unpaired) electrons. The summed E-state index contributed by atoms with van der Waals surface area (Å²) >= 11 is 3.33. The summed E-state index contributed by atoms with van der Waals surface area (Å²) in [6.07, 6.45) is 2.18. The summed E-state index contributed by atoms with van der Waals surface area (Å²) in [6.45, 7) is 7.59. The van der Waals surface area contributed by atoms with E-state index in [-0.39, 0.29) is 4.86 Å². The van der Waals surface area contributed by atoms with Crippen molar-refractivity contribution in [2.45, 2.75) is 33.7 Å². The lowest BCUT2D eigenvalue weighted by Gasteiger charge is -2.35. The van der Waals surface area contributed by atoms with Crippen LogP contribution in [0.4, 0.5) is 10.5 Å². The van der Waals surface area contributed by atoms with Crippen molar-refractivity contribution < 1.29 is 18.3 Å². The van der Waals surface area contributed by atoms with E-state index in [0.717, 1.165) is 10.5 Å². The Morgan fingerprint density at radius 1 is 1.28 bits per heavy atom. The molecule has 2 rings (SSSR count). The van der Waals surface area contributed by atoms with Crippen LogP contribution in [0.2, 0.25) is 0 Å². The maximum atomic E-state index is 12.1. The third kappa shape index (κ3) is 4.04. The van der Waals surface area contributed by atoms with Crippen LogP contribution in [-0.4, -0.2) is 30.5 Å². The summed E-state index contributed by atoms with van der Waals surface area (Å²) in [5.41, 5.74) is 1.42. The summed E-state index contributed by atoms with van der Waals surface area (Å²) in [5.74, 6) is 0. The van der Waals surface area contributed by atoms with E-state index in [1.807, 2.05) is 27.7 Å². The molecular formula is C18H20BrNO4S. The van der Waals surface area contributed by atoms with E-state index >= 15 is 0 Å². The van der Waals surface area contributed by atoms with E-state index in [4.69, 9.17) is 0 Å². The Morgan fingerprint density at radius 3 is 2.40 bits per heavy atom. The van der Waals surface area contributed by atoms with Crippen molar-refractivity contribution in [3.05, 3.63) is 52.0 Å². The van der Waals surface area contributed by atoms with Gasteiger partial charge < -0.3 is 5.11 Å². The van der Waals surface area contributed by atoms with Crippen LogP contribution >= 0.6 is 15.9 Å². The fraction of sp³-hybridized carbons (Fsp3) is 0.333. The van der Waals surface area contributed by atoms with Gasteiger partial charge in [0, 0.05) is 10.2 Å². The second kappa shape index (κ2) is 7.17. The Kier molecular flexibility index (Phi) is 5.58. The first-order valence-corrected chi connectivity index (χ1v) is 9.54. The minimum absolute atomic E-state index is 0.0925. The van der Waals surface area contributed by atoms with Crippen LogP contribution in [0.25, 0.3) is 0 Å². The number of allylic oxidation sites excluding steroid dienone is 2. The van der Waals surface area contributed by atoms with Crippen molar-refractivity contribution in [2.24, 2.45) is 5.41 Å². The van der Waals surface area contributed by atoms with E-state index in [9.17, 15) is 18.3 Å². The highest BCUT2D eigenvalue weighted by molar-refractivity contribution is 9.10. The molecule has 0 saturated carbocycles. The van der Waals surface area contributed by atoms with Gasteiger partial charge in [-0.1, -0.05) is 54.9 Å². The van der Waals surface area contributed by atoms with Gasteiger partial charge in [0.15, 0.2) is 0 Å². The Balaban J connectivity index is 2.70. The Bertz CT molecular complexity index is 899. The number of halogens is 1. The quantitative estimate of drug-likeness (QED) is 0.717. The van der Waals surface area contributed by atoms with Crippen molar-refractivity contribution in [1.29, 1.82) is 0 Å². The van der Waals surface area contributed by atoms with Crippen LogP contribution in [0.15, 0.2) is 52.0 Å². The van der Waals surface area contributed by atoms with Crippen LogP contribution in [0.1, 0.15) is 27.7 Å². The van der Waals surface area contributed by atoms with Crippen LogP contribution in [0.3, 0.4) is 0 Å². The molecular weight excluding hydrogens is 406 g/mol. The van der Waals surface area contributed by atoms with Crippen molar-refractivity contribution in [3.8, 4) is 0 Å². The summed E-state index contributed by atoms with van der Waals surface area (Å²) in [7, 11) is -2.55. The summed E-state index contributed by atoms with van der Waals surface area (Å²) in [5, 5.41) is 9.77. The molecule has 1 aromatic carbocycles. The molecule has 0 fully saturated rings. The molecule has 0 bridgehead atoms. The molecule has 1 N–H and O–H groups in total. The Morgan fingerprint density at radius 2 is 1.92 bits per heavy atom. The summed E-state index contributed by atoms with van der Waals surface area (Å²) in [6, 6.07) is 5.86. The average Bonchev–Trinajstić information content (AvgIpc) is 2.46. The zero-order valence-corrected chi connectivity index (χ0v) is 16.8. The zero-order chi connectivity index (χ0) is 18.9. The number of amides is 1. The smallest absolute Gasteiger partial charge is 0.412 e. The van der Waals surface area contributed by atoms with E-state index in [2.05, 4.69) is 15.9 Å². The molecule has 1 atom stereocenters. The van der Waals surface area contributed by atoms with Crippen LogP contribution in [0, 0.1) is 5.41 Å². The van der Waals surface area contributed by atoms with E-state index in [1.165, 1.54) is 0 Å². The van der Waals surface area contributed by atoms with Gasteiger partial charge in [-0.25, -0.2) is 4.79 Å². The van der Waals surface area contributed by atoms with Gasteiger partial charge in [-0.05, 0) is 41.7 Å². The minimum atomic E-state index is -2.55. The molecule has 1 aliphatic rings. The molecule has 1 aliphatic carbocycles. The first kappa shape index (κ1) is 19.5. The molecule has 134 valence electrons. The molecule has 1 unspecified atom stereocenters. The lowest BCUT2D eigenvalue weighted by molar-refractivity contribution is 0.201. The first-order chi connectivity index (χ1) is 11.5. The largest absolute Gasteiger partial charge is 0.465 e. The SMILES string of the molecule is CC1=C(C(C)(C)C)C(=S(=O)=O)C(N(C(=O)O)c2cccc(Br)c2)C=C1. The maximum Gasteiger partial charge on any atom is 0.412 e. The third-order valence-electron chi connectivity index (χ3n) is 3.94. The second-order valence-corrected chi connectivity index (χ2v) is 8.67. The number of nitrogens with zero attached hydrogens (tertiary/aromatic N) is 1. The van der Waals surface area contributed by atoms with Gasteiger partial charge in [0.05, 0.1) is 6.04 Å². The normalized spacial score (nSPS) is 17.6. The minimum Gasteiger partial charge on any atom is -0.465 e. The lowest BCUT2D eigenvalue weighted by atomic mass is 9.77. The van der Waals surface area contributed by atoms with Crippen LogP contribution in [0.5, 0.6) is 0 Å². The molecule has 7 heteroatoms. The second-order valence-electron chi connectivity index (χ2n) is 6.84. The number of carboxylic acid groups (broad SMARTS) is 1. The standard InChI is InChI=1S/C18H20BrNO4S/c1-11-8-9-14(16(25(23)24)15(11)18(2,3)4)20(17(21)22)13-7-5-6-12(19)10-13/h5-10,14H,1-4H3,(H,21,22). The summed E-state index contributed by atoms with van der Waals surface area (Å²) in [4.78, 5) is 13.1. The van der Waals surface area contributed by atoms with Gasteiger partial charge in [-0.2, -0.15) is 8.42 Å². The highest BCUT2D eigenvalue weighted by atomic mass is 79.9. The van der Waals surface area contributed by atoms with Crippen molar-refractivity contribution in [1.82, 2.24) is 0 Å². The molecule has 5 nitrogen and oxygen atoms in total. The number of carbonyl (C=O) groups is 1. The predicted molar refractivity (Wildman–Crippen MR) is 104 cm³/mol. The molecule has 25 heavy (non-hydrogen) atoms. The van der Waals surface area contributed by atoms with Crippen molar-refractivity contribution >= 4 is 42.9 Å². The topological polar surface area (TPSA) is 74.7 Å². The first-order valence-electron chi connectivity index (χ1n) is 7.67. The fourth-order valence-corrected chi connectivity index (χ4v) is 4.51. The van der Waals surface area contributed by atoms with Gasteiger partial charge in [-0.3, -0.25) is 4.90 Å². The van der Waals surface area contributed by atoms with E-state index in [0.29, 0.717) is 15.7 Å². The van der Waals surface area contributed by atoms with Gasteiger partial charge in [0.2, 0.25) is 10.3 Å². The van der Waals surface area contributed by atoms with Crippen molar-refractivity contribution in [3.63, 3.8) is 0 Å². The summed E-state index contributed by atoms with van der Waals surface area (Å²) < 4.78 is 24.8. The Hall–Kier alpha value is -1.86. The van der Waals surface area contributed by atoms with Gasteiger partial charge in [-0.15, -0.1) is 0 Å². The van der Waals surface area contributed by atoms with Gasteiger partial charge in [0.25, 0.3) is 0 Å². The van der Waals surface area contributed by atoms with Crippen molar-refractivity contribution in [2.75, 3.05) is 4.90 Å². The number of hydrogen-bond donors (Lipinski definition) is 1. The number of hydrogen-bond acceptors (Lipinski definition) is 3. The highest BCUT2D eigenvalue weighted by Gasteiger charge is 2.37. The predicted octanol–water partition coefficient (Wildman–Crippen LogP) is 4.29. The van der Waals surface area contributed by atoms with E-state index in [1.54, 1.807) is 36.4 Å². The maximum absolute atomic E-state index is 12.1. The number of benzene rings is 1. The average molecular weight is 426 g/mol. The third-order valence-corrected chi connectivity index (χ3v) is 5.24. The number of rotatable bonds is 2. The molecule has 0 aromatic heterocycles. The van der Waals surface area contributed by atoms with Crippen LogP contribution in [-0.2, 0) is 10.3 Å². The monoisotopic (exact) mass is 425 g/mol.